The summed E-state index contributed by atoms with van der Waals surface area (Å²) in [7, 11) is 0. The van der Waals surface area contributed by atoms with Crippen LogP contribution >= 0.6 is 11.6 Å². The Morgan fingerprint density at radius 2 is 1.80 bits per heavy atom. The summed E-state index contributed by atoms with van der Waals surface area (Å²) >= 11 is 6.24. The molecule has 0 aromatic carbocycles. The quantitative estimate of drug-likeness (QED) is 0.851. The highest BCUT2D eigenvalue weighted by Gasteiger charge is 2.26. The fourth-order valence-electron chi connectivity index (χ4n) is 2.64. The van der Waals surface area contributed by atoms with E-state index in [-0.39, 0.29) is 5.92 Å². The minimum atomic E-state index is 0.268. The number of rotatable bonds is 3. The fraction of sp³-hybridized carbons (Fsp3) is 0.733. The second kappa shape index (κ2) is 6.27. The minimum absolute atomic E-state index is 0.268. The molecule has 1 aromatic heterocycles. The molecule has 2 unspecified atom stereocenters. The van der Waals surface area contributed by atoms with Crippen LogP contribution in [0.1, 0.15) is 64.3 Å². The summed E-state index contributed by atoms with van der Waals surface area (Å²) in [6.45, 7) is 10.6. The van der Waals surface area contributed by atoms with Gasteiger partial charge in [-0.1, -0.05) is 31.9 Å². The third-order valence-electron chi connectivity index (χ3n) is 4.05. The number of hydrazine groups is 1. The Morgan fingerprint density at radius 3 is 2.35 bits per heavy atom. The van der Waals surface area contributed by atoms with Gasteiger partial charge in [-0.25, -0.2) is 15.0 Å². The van der Waals surface area contributed by atoms with Gasteiger partial charge in [0, 0.05) is 23.6 Å². The van der Waals surface area contributed by atoms with Crippen LogP contribution in [-0.4, -0.2) is 27.1 Å². The van der Waals surface area contributed by atoms with Crippen LogP contribution in [0.25, 0.3) is 0 Å². The molecule has 1 aliphatic heterocycles. The van der Waals surface area contributed by atoms with E-state index in [0.717, 1.165) is 17.2 Å². The lowest BCUT2D eigenvalue weighted by molar-refractivity contribution is 0.135. The molecular weight excluding hydrogens is 272 g/mol. The standard InChI is InChI=1S/C15H25ClN4/c1-9(2)14-17-13(16)12(5)15(18-14)19-20-10(3)7-6-8-11(20)4/h9-11H,6-8H2,1-5H3,(H,17,18,19). The fourth-order valence-corrected chi connectivity index (χ4v) is 2.81. The average molecular weight is 297 g/mol. The Bertz CT molecular complexity index is 465. The summed E-state index contributed by atoms with van der Waals surface area (Å²) < 4.78 is 0. The molecule has 1 fully saturated rings. The van der Waals surface area contributed by atoms with Crippen LogP contribution in [0.3, 0.4) is 0 Å². The molecule has 1 aromatic rings. The van der Waals surface area contributed by atoms with Crippen molar-refractivity contribution in [3.05, 3.63) is 16.5 Å². The summed E-state index contributed by atoms with van der Waals surface area (Å²) in [5.74, 6) is 1.90. The topological polar surface area (TPSA) is 41.1 Å². The normalized spacial score (nSPS) is 24.1. The lowest BCUT2D eigenvalue weighted by Crippen LogP contribution is -2.47. The van der Waals surface area contributed by atoms with Crippen molar-refractivity contribution in [2.24, 2.45) is 0 Å². The van der Waals surface area contributed by atoms with Crippen LogP contribution in [0, 0.1) is 6.92 Å². The first-order valence-electron chi connectivity index (χ1n) is 7.49. The van der Waals surface area contributed by atoms with Gasteiger partial charge >= 0.3 is 0 Å². The SMILES string of the molecule is Cc1c(Cl)nc(C(C)C)nc1NN1C(C)CCCC1C. The number of nitrogens with zero attached hydrogens (tertiary/aromatic N) is 3. The van der Waals surface area contributed by atoms with Crippen LogP contribution in [0.15, 0.2) is 0 Å². The van der Waals surface area contributed by atoms with E-state index in [0.29, 0.717) is 17.2 Å². The van der Waals surface area contributed by atoms with Gasteiger partial charge in [-0.3, -0.25) is 0 Å². The van der Waals surface area contributed by atoms with E-state index in [4.69, 9.17) is 11.6 Å². The van der Waals surface area contributed by atoms with Crippen LogP contribution in [0.2, 0.25) is 5.15 Å². The van der Waals surface area contributed by atoms with Crippen molar-refractivity contribution in [2.45, 2.75) is 71.9 Å². The highest BCUT2D eigenvalue weighted by atomic mass is 35.5. The Hall–Kier alpha value is -0.870. The molecule has 4 nitrogen and oxygen atoms in total. The molecule has 1 N–H and O–H groups in total. The first kappa shape index (κ1) is 15.5. The van der Waals surface area contributed by atoms with Crippen molar-refractivity contribution in [1.82, 2.24) is 15.0 Å². The Labute approximate surface area is 126 Å². The molecule has 0 saturated carbocycles. The van der Waals surface area contributed by atoms with E-state index >= 15 is 0 Å². The van der Waals surface area contributed by atoms with Crippen LogP contribution in [-0.2, 0) is 0 Å². The molecule has 1 aliphatic rings. The van der Waals surface area contributed by atoms with Gasteiger partial charge in [-0.05, 0) is 33.6 Å². The van der Waals surface area contributed by atoms with Gasteiger partial charge in [-0.2, -0.15) is 0 Å². The monoisotopic (exact) mass is 296 g/mol. The van der Waals surface area contributed by atoms with Crippen LogP contribution in [0.4, 0.5) is 5.82 Å². The van der Waals surface area contributed by atoms with Gasteiger partial charge in [-0.15, -0.1) is 0 Å². The van der Waals surface area contributed by atoms with E-state index in [9.17, 15) is 0 Å². The van der Waals surface area contributed by atoms with Crippen LogP contribution < -0.4 is 5.43 Å². The Balaban J connectivity index is 2.27. The first-order chi connectivity index (χ1) is 9.40. The van der Waals surface area contributed by atoms with Crippen molar-refractivity contribution >= 4 is 17.4 Å². The predicted molar refractivity (Wildman–Crippen MR) is 84.1 cm³/mol. The van der Waals surface area contributed by atoms with E-state index in [1.54, 1.807) is 0 Å². The molecule has 0 amide bonds. The molecular formula is C15H25ClN4. The predicted octanol–water partition coefficient (Wildman–Crippen LogP) is 4.15. The number of hydrogen-bond donors (Lipinski definition) is 1. The molecule has 0 spiro atoms. The first-order valence-corrected chi connectivity index (χ1v) is 7.87. The summed E-state index contributed by atoms with van der Waals surface area (Å²) in [6, 6.07) is 1.02. The smallest absolute Gasteiger partial charge is 0.148 e. The molecule has 0 radical (unpaired) electrons. The van der Waals surface area contributed by atoms with Crippen LogP contribution in [0.5, 0.6) is 0 Å². The van der Waals surface area contributed by atoms with Crippen molar-refractivity contribution in [3.63, 3.8) is 0 Å². The van der Waals surface area contributed by atoms with E-state index in [2.05, 4.69) is 48.1 Å². The number of anilines is 1. The average Bonchev–Trinajstić information content (AvgIpc) is 2.38. The van der Waals surface area contributed by atoms with Gasteiger partial charge in [0.15, 0.2) is 0 Å². The van der Waals surface area contributed by atoms with E-state index < -0.39 is 0 Å². The third-order valence-corrected chi connectivity index (χ3v) is 4.42. The number of hydrogen-bond acceptors (Lipinski definition) is 4. The maximum atomic E-state index is 6.24. The summed E-state index contributed by atoms with van der Waals surface area (Å²) in [5, 5.41) is 2.85. The largest absolute Gasteiger partial charge is 0.302 e. The molecule has 0 bridgehead atoms. The molecule has 2 rings (SSSR count). The molecule has 0 aliphatic carbocycles. The number of nitrogens with one attached hydrogen (secondary N) is 1. The van der Waals surface area contributed by atoms with Gasteiger partial charge < -0.3 is 5.43 Å². The highest BCUT2D eigenvalue weighted by Crippen LogP contribution is 2.27. The van der Waals surface area contributed by atoms with Gasteiger partial charge in [0.05, 0.1) is 0 Å². The van der Waals surface area contributed by atoms with Crippen molar-refractivity contribution in [2.75, 3.05) is 5.43 Å². The van der Waals surface area contributed by atoms with E-state index in [1.165, 1.54) is 19.3 Å². The molecule has 5 heteroatoms. The summed E-state index contributed by atoms with van der Waals surface area (Å²) in [6.07, 6.45) is 3.72. The maximum absolute atomic E-state index is 6.24. The number of piperidine rings is 1. The van der Waals surface area contributed by atoms with Gasteiger partial charge in [0.2, 0.25) is 0 Å². The number of halogens is 1. The number of aromatic nitrogens is 2. The van der Waals surface area contributed by atoms with Gasteiger partial charge in [0.1, 0.15) is 16.8 Å². The lowest BCUT2D eigenvalue weighted by Gasteiger charge is -2.39. The van der Waals surface area contributed by atoms with Gasteiger partial charge in [0.25, 0.3) is 0 Å². The summed E-state index contributed by atoms with van der Waals surface area (Å²) in [5.41, 5.74) is 4.40. The van der Waals surface area contributed by atoms with Crippen molar-refractivity contribution in [1.29, 1.82) is 0 Å². The molecule has 20 heavy (non-hydrogen) atoms. The molecule has 112 valence electrons. The zero-order valence-corrected chi connectivity index (χ0v) is 13.8. The van der Waals surface area contributed by atoms with Crippen molar-refractivity contribution in [3.8, 4) is 0 Å². The third kappa shape index (κ3) is 3.23. The molecule has 1 saturated heterocycles. The Kier molecular flexibility index (Phi) is 4.86. The van der Waals surface area contributed by atoms with E-state index in [1.807, 2.05) is 6.92 Å². The zero-order chi connectivity index (χ0) is 14.9. The molecule has 2 atom stereocenters. The lowest BCUT2D eigenvalue weighted by atomic mass is 10.00. The summed E-state index contributed by atoms with van der Waals surface area (Å²) in [4.78, 5) is 9.01. The van der Waals surface area contributed by atoms with Crippen molar-refractivity contribution < 1.29 is 0 Å². The maximum Gasteiger partial charge on any atom is 0.148 e. The second-order valence-corrected chi connectivity index (χ2v) is 6.51. The minimum Gasteiger partial charge on any atom is -0.302 e. The molecule has 2 heterocycles. The highest BCUT2D eigenvalue weighted by molar-refractivity contribution is 6.30. The Morgan fingerprint density at radius 1 is 1.20 bits per heavy atom. The zero-order valence-electron chi connectivity index (χ0n) is 13.1. The second-order valence-electron chi connectivity index (χ2n) is 6.15.